The molecule has 0 unspecified atom stereocenters. The summed E-state index contributed by atoms with van der Waals surface area (Å²) in [4.78, 5) is 25.4. The van der Waals surface area contributed by atoms with Crippen molar-refractivity contribution in [3.8, 4) is 0 Å². The smallest absolute Gasteiger partial charge is 0.410 e. The molecule has 130 valence electrons. The van der Waals surface area contributed by atoms with Gasteiger partial charge in [0.25, 0.3) is 0 Å². The predicted molar refractivity (Wildman–Crippen MR) is 93.5 cm³/mol. The van der Waals surface area contributed by atoms with Gasteiger partial charge in [0.1, 0.15) is 6.61 Å². The van der Waals surface area contributed by atoms with Crippen LogP contribution in [0.2, 0.25) is 5.02 Å². The third-order valence-electron chi connectivity index (χ3n) is 4.40. The molecule has 25 heavy (non-hydrogen) atoms. The van der Waals surface area contributed by atoms with Crippen molar-refractivity contribution in [2.45, 2.75) is 12.5 Å². The molecule has 2 aromatic carbocycles. The number of hydrogen-bond acceptors (Lipinski definition) is 3. The van der Waals surface area contributed by atoms with E-state index >= 15 is 0 Å². The van der Waals surface area contributed by atoms with Crippen molar-refractivity contribution >= 4 is 23.7 Å². The minimum absolute atomic E-state index is 0.135. The Morgan fingerprint density at radius 2 is 1.76 bits per heavy atom. The van der Waals surface area contributed by atoms with E-state index in [1.54, 1.807) is 12.1 Å². The van der Waals surface area contributed by atoms with E-state index in [0.717, 1.165) is 11.1 Å². The highest BCUT2D eigenvalue weighted by molar-refractivity contribution is 6.30. The van der Waals surface area contributed by atoms with Crippen LogP contribution in [-0.4, -0.2) is 35.2 Å². The van der Waals surface area contributed by atoms with Crippen molar-refractivity contribution in [2.24, 2.45) is 5.92 Å². The molecule has 0 radical (unpaired) electrons. The Morgan fingerprint density at radius 3 is 2.40 bits per heavy atom. The number of carboxylic acid groups (broad SMARTS) is 1. The number of aliphatic carboxylic acids is 1. The fourth-order valence-corrected chi connectivity index (χ4v) is 3.19. The number of nitrogens with zero attached hydrogens (tertiary/aromatic N) is 1. The molecule has 1 heterocycles. The van der Waals surface area contributed by atoms with Gasteiger partial charge in [-0.15, -0.1) is 0 Å². The van der Waals surface area contributed by atoms with Crippen molar-refractivity contribution in [3.05, 3.63) is 70.7 Å². The highest BCUT2D eigenvalue weighted by atomic mass is 35.5. The van der Waals surface area contributed by atoms with Crippen molar-refractivity contribution in [3.63, 3.8) is 0 Å². The first-order chi connectivity index (χ1) is 12.0. The zero-order valence-electron chi connectivity index (χ0n) is 13.5. The fourth-order valence-electron chi connectivity index (χ4n) is 3.06. The molecule has 1 aliphatic rings. The van der Waals surface area contributed by atoms with Crippen LogP contribution in [0.15, 0.2) is 54.6 Å². The number of amides is 1. The maximum absolute atomic E-state index is 12.3. The van der Waals surface area contributed by atoms with Crippen molar-refractivity contribution in [1.82, 2.24) is 4.90 Å². The van der Waals surface area contributed by atoms with Gasteiger partial charge in [0, 0.05) is 24.0 Å². The predicted octanol–water partition coefficient (Wildman–Crippen LogP) is 3.78. The van der Waals surface area contributed by atoms with Gasteiger partial charge < -0.3 is 14.7 Å². The zero-order chi connectivity index (χ0) is 17.8. The Labute approximate surface area is 150 Å². The van der Waals surface area contributed by atoms with E-state index in [0.29, 0.717) is 11.6 Å². The molecule has 6 heteroatoms. The molecule has 2 aromatic rings. The van der Waals surface area contributed by atoms with E-state index in [2.05, 4.69) is 0 Å². The maximum Gasteiger partial charge on any atom is 0.410 e. The summed E-state index contributed by atoms with van der Waals surface area (Å²) >= 11 is 5.90. The Kier molecular flexibility index (Phi) is 5.24. The molecule has 1 N–H and O–H groups in total. The number of carbonyl (C=O) groups is 2. The Bertz CT molecular complexity index is 748. The van der Waals surface area contributed by atoms with Crippen LogP contribution in [-0.2, 0) is 16.1 Å². The van der Waals surface area contributed by atoms with Crippen LogP contribution in [0.1, 0.15) is 17.0 Å². The van der Waals surface area contributed by atoms with Gasteiger partial charge in [-0.2, -0.15) is 0 Å². The van der Waals surface area contributed by atoms with Crippen LogP contribution >= 0.6 is 11.6 Å². The van der Waals surface area contributed by atoms with Gasteiger partial charge in [0.15, 0.2) is 0 Å². The number of likely N-dealkylation sites (tertiary alicyclic amines) is 1. The molecular formula is C19H18ClNO4. The van der Waals surface area contributed by atoms with E-state index in [1.807, 2.05) is 42.5 Å². The van der Waals surface area contributed by atoms with Gasteiger partial charge in [0.2, 0.25) is 0 Å². The van der Waals surface area contributed by atoms with Gasteiger partial charge in [-0.05, 0) is 23.3 Å². The lowest BCUT2D eigenvalue weighted by molar-refractivity contribution is -0.141. The number of benzene rings is 2. The minimum atomic E-state index is -0.918. The largest absolute Gasteiger partial charge is 0.481 e. The molecule has 0 aromatic heterocycles. The van der Waals surface area contributed by atoms with E-state index in [1.165, 1.54) is 4.90 Å². The monoisotopic (exact) mass is 359 g/mol. The average molecular weight is 360 g/mol. The second-order valence-corrected chi connectivity index (χ2v) is 6.48. The van der Waals surface area contributed by atoms with Crippen molar-refractivity contribution < 1.29 is 19.4 Å². The first-order valence-electron chi connectivity index (χ1n) is 7.98. The summed E-state index contributed by atoms with van der Waals surface area (Å²) in [5, 5.41) is 10.1. The van der Waals surface area contributed by atoms with E-state index in [-0.39, 0.29) is 19.1 Å². The quantitative estimate of drug-likeness (QED) is 0.902. The highest BCUT2D eigenvalue weighted by Gasteiger charge is 2.41. The van der Waals surface area contributed by atoms with Crippen LogP contribution < -0.4 is 0 Å². The molecule has 5 nitrogen and oxygen atoms in total. The normalized spacial score (nSPS) is 19.6. The van der Waals surface area contributed by atoms with Gasteiger partial charge >= 0.3 is 12.1 Å². The summed E-state index contributed by atoms with van der Waals surface area (Å²) in [5.41, 5.74) is 1.74. The molecule has 1 aliphatic heterocycles. The van der Waals surface area contributed by atoms with Crippen LogP contribution in [0.5, 0.6) is 0 Å². The summed E-state index contributed by atoms with van der Waals surface area (Å²) in [6.07, 6.45) is -0.494. The fraction of sp³-hybridized carbons (Fsp3) is 0.263. The minimum Gasteiger partial charge on any atom is -0.481 e. The number of rotatable bonds is 4. The van der Waals surface area contributed by atoms with Gasteiger partial charge in [0.05, 0.1) is 5.92 Å². The third kappa shape index (κ3) is 4.12. The van der Waals surface area contributed by atoms with E-state index < -0.39 is 18.0 Å². The maximum atomic E-state index is 12.3. The molecule has 0 bridgehead atoms. The SMILES string of the molecule is O=C(O)[C@@H]1CN(C(=O)OCc2ccccc2)C[C@@H]1c1ccc(Cl)cc1. The lowest BCUT2D eigenvalue weighted by Crippen LogP contribution is -2.30. The van der Waals surface area contributed by atoms with Crippen molar-refractivity contribution in [1.29, 1.82) is 0 Å². The summed E-state index contributed by atoms with van der Waals surface area (Å²) in [7, 11) is 0. The average Bonchev–Trinajstić information content (AvgIpc) is 3.07. The van der Waals surface area contributed by atoms with Gasteiger partial charge in [-0.3, -0.25) is 4.79 Å². The molecule has 1 fully saturated rings. The number of carboxylic acids is 1. The number of halogens is 1. The number of carbonyl (C=O) groups excluding carboxylic acids is 1. The highest BCUT2D eigenvalue weighted by Crippen LogP contribution is 2.33. The molecular weight excluding hydrogens is 342 g/mol. The second-order valence-electron chi connectivity index (χ2n) is 6.05. The molecule has 0 spiro atoms. The zero-order valence-corrected chi connectivity index (χ0v) is 14.2. The molecule has 3 rings (SSSR count). The summed E-state index contributed by atoms with van der Waals surface area (Å²) in [5.74, 6) is -1.86. The van der Waals surface area contributed by atoms with Crippen LogP contribution in [0.3, 0.4) is 0 Å². The molecule has 0 saturated carbocycles. The molecule has 2 atom stereocenters. The summed E-state index contributed by atoms with van der Waals surface area (Å²) < 4.78 is 5.32. The lowest BCUT2D eigenvalue weighted by Gasteiger charge is -2.16. The first-order valence-corrected chi connectivity index (χ1v) is 8.36. The van der Waals surface area contributed by atoms with E-state index in [4.69, 9.17) is 16.3 Å². The first kappa shape index (κ1) is 17.3. The van der Waals surface area contributed by atoms with Crippen molar-refractivity contribution in [2.75, 3.05) is 13.1 Å². The summed E-state index contributed by atoms with van der Waals surface area (Å²) in [6.45, 7) is 0.613. The Morgan fingerprint density at radius 1 is 1.08 bits per heavy atom. The number of ether oxygens (including phenoxy) is 1. The van der Waals surface area contributed by atoms with Crippen LogP contribution in [0, 0.1) is 5.92 Å². The second kappa shape index (κ2) is 7.57. The van der Waals surface area contributed by atoms with Crippen LogP contribution in [0.4, 0.5) is 4.79 Å². The molecule has 0 aliphatic carbocycles. The number of hydrogen-bond donors (Lipinski definition) is 1. The van der Waals surface area contributed by atoms with E-state index in [9.17, 15) is 14.7 Å². The topological polar surface area (TPSA) is 66.8 Å². The lowest BCUT2D eigenvalue weighted by atomic mass is 9.89. The van der Waals surface area contributed by atoms with Gasteiger partial charge in [-0.1, -0.05) is 54.1 Å². The Hall–Kier alpha value is -2.53. The molecule has 1 saturated heterocycles. The third-order valence-corrected chi connectivity index (χ3v) is 4.65. The molecule has 1 amide bonds. The standard InChI is InChI=1S/C19H18ClNO4/c20-15-8-6-14(7-9-15)16-10-21(11-17(16)18(22)23)19(24)25-12-13-4-2-1-3-5-13/h1-9,16-17H,10-12H2,(H,22,23)/t16-,17-/m1/s1. The Balaban J connectivity index is 1.68. The van der Waals surface area contributed by atoms with Crippen LogP contribution in [0.25, 0.3) is 0 Å². The summed E-state index contributed by atoms with van der Waals surface area (Å²) in [6, 6.07) is 16.4. The van der Waals surface area contributed by atoms with Gasteiger partial charge in [-0.25, -0.2) is 4.79 Å².